The Morgan fingerprint density at radius 2 is 2.03 bits per heavy atom. The summed E-state index contributed by atoms with van der Waals surface area (Å²) < 4.78 is 37.7. The summed E-state index contributed by atoms with van der Waals surface area (Å²) in [6.07, 6.45) is 4.60. The van der Waals surface area contributed by atoms with Gasteiger partial charge in [0.15, 0.2) is 18.1 Å². The summed E-state index contributed by atoms with van der Waals surface area (Å²) in [6.45, 7) is -0.0983. The van der Waals surface area contributed by atoms with Gasteiger partial charge in [0.1, 0.15) is 6.07 Å². The van der Waals surface area contributed by atoms with Crippen molar-refractivity contribution < 1.29 is 22.7 Å². The van der Waals surface area contributed by atoms with Crippen LogP contribution in [0.5, 0.6) is 11.5 Å². The van der Waals surface area contributed by atoms with Gasteiger partial charge in [0.25, 0.3) is 0 Å². The van der Waals surface area contributed by atoms with E-state index in [1.54, 1.807) is 36.4 Å². The number of nitrogens with one attached hydrogen (secondary N) is 2. The monoisotopic (exact) mass is 427 g/mol. The number of carbonyl (C=O) groups is 1. The predicted octanol–water partition coefficient (Wildman–Crippen LogP) is 2.69. The molecule has 0 unspecified atom stereocenters. The van der Waals surface area contributed by atoms with Gasteiger partial charge in [-0.1, -0.05) is 12.1 Å². The Labute approximate surface area is 175 Å². The van der Waals surface area contributed by atoms with Gasteiger partial charge in [0.05, 0.1) is 12.0 Å². The van der Waals surface area contributed by atoms with Gasteiger partial charge in [0.2, 0.25) is 15.9 Å². The number of benzene rings is 2. The molecule has 2 N–H and O–H groups in total. The summed E-state index contributed by atoms with van der Waals surface area (Å²) in [7, 11) is -2.11. The zero-order valence-electron chi connectivity index (χ0n) is 16.3. The van der Waals surface area contributed by atoms with E-state index in [1.165, 1.54) is 25.3 Å². The molecular formula is C21H21N3O5S. The molecule has 0 bridgehead atoms. The van der Waals surface area contributed by atoms with Crippen molar-refractivity contribution in [3.63, 3.8) is 0 Å². The van der Waals surface area contributed by atoms with Crippen LogP contribution < -0.4 is 19.5 Å². The molecule has 3 rings (SSSR count). The lowest BCUT2D eigenvalue weighted by molar-refractivity contribution is -0.111. The molecule has 2 aromatic rings. The van der Waals surface area contributed by atoms with Crippen LogP contribution in [0.25, 0.3) is 6.08 Å². The molecule has 1 aliphatic carbocycles. The van der Waals surface area contributed by atoms with Crippen molar-refractivity contribution in [2.45, 2.75) is 23.8 Å². The molecule has 8 nitrogen and oxygen atoms in total. The molecule has 0 heterocycles. The highest BCUT2D eigenvalue weighted by atomic mass is 32.2. The third-order valence-electron chi connectivity index (χ3n) is 4.22. The molecule has 0 aliphatic heterocycles. The first-order valence-electron chi connectivity index (χ1n) is 9.20. The molecular weight excluding hydrogens is 406 g/mol. The first-order chi connectivity index (χ1) is 14.4. The molecule has 0 atom stereocenters. The van der Waals surface area contributed by atoms with Gasteiger partial charge in [-0.2, -0.15) is 5.26 Å². The van der Waals surface area contributed by atoms with Gasteiger partial charge in [-0.3, -0.25) is 4.79 Å². The lowest BCUT2D eigenvalue weighted by Crippen LogP contribution is -2.25. The maximum Gasteiger partial charge on any atom is 0.248 e. The van der Waals surface area contributed by atoms with Crippen LogP contribution in [0, 0.1) is 11.3 Å². The molecule has 2 aromatic carbocycles. The third kappa shape index (κ3) is 5.83. The first kappa shape index (κ1) is 21.4. The Morgan fingerprint density at radius 1 is 1.23 bits per heavy atom. The number of anilines is 1. The van der Waals surface area contributed by atoms with E-state index in [4.69, 9.17) is 14.7 Å². The quantitative estimate of drug-likeness (QED) is 0.594. The maximum absolute atomic E-state index is 12.3. The minimum atomic E-state index is -3.59. The molecule has 30 heavy (non-hydrogen) atoms. The fraction of sp³-hybridized carbons (Fsp3) is 0.238. The topological polar surface area (TPSA) is 118 Å². The van der Waals surface area contributed by atoms with Crippen LogP contribution in [0.4, 0.5) is 5.69 Å². The number of hydrogen-bond acceptors (Lipinski definition) is 6. The fourth-order valence-corrected chi connectivity index (χ4v) is 3.95. The highest BCUT2D eigenvalue weighted by molar-refractivity contribution is 7.89. The molecule has 156 valence electrons. The molecule has 1 fully saturated rings. The van der Waals surface area contributed by atoms with E-state index < -0.39 is 15.9 Å². The summed E-state index contributed by atoms with van der Waals surface area (Å²) in [5, 5.41) is 11.3. The molecule has 1 amide bonds. The summed E-state index contributed by atoms with van der Waals surface area (Å²) in [6, 6.07) is 13.0. The highest BCUT2D eigenvalue weighted by Gasteiger charge is 2.28. The van der Waals surface area contributed by atoms with Crippen molar-refractivity contribution in [2.75, 3.05) is 19.0 Å². The van der Waals surface area contributed by atoms with Crippen molar-refractivity contribution in [2.24, 2.45) is 0 Å². The Balaban J connectivity index is 1.66. The van der Waals surface area contributed by atoms with E-state index in [0.29, 0.717) is 22.7 Å². The number of nitrogens with zero attached hydrogens (tertiary/aromatic N) is 1. The lowest BCUT2D eigenvalue weighted by Gasteiger charge is -2.09. The summed E-state index contributed by atoms with van der Waals surface area (Å²) in [5.41, 5.74) is 1.07. The van der Waals surface area contributed by atoms with Crippen LogP contribution in [-0.4, -0.2) is 34.1 Å². The number of amides is 1. The first-order valence-corrected chi connectivity index (χ1v) is 10.7. The Morgan fingerprint density at radius 3 is 2.73 bits per heavy atom. The number of nitriles is 1. The number of ether oxygens (including phenoxy) is 2. The number of hydrogen-bond donors (Lipinski definition) is 2. The molecule has 0 saturated heterocycles. The van der Waals surface area contributed by atoms with Gasteiger partial charge >= 0.3 is 0 Å². The second-order valence-corrected chi connectivity index (χ2v) is 8.32. The third-order valence-corrected chi connectivity index (χ3v) is 5.74. The van der Waals surface area contributed by atoms with Crippen molar-refractivity contribution in [3.05, 3.63) is 54.1 Å². The molecule has 0 spiro atoms. The minimum absolute atomic E-state index is 0.00450. The molecule has 1 aliphatic rings. The van der Waals surface area contributed by atoms with E-state index in [2.05, 4.69) is 10.0 Å². The average Bonchev–Trinajstić information content (AvgIpc) is 3.54. The van der Waals surface area contributed by atoms with E-state index in [0.717, 1.165) is 12.8 Å². The average molecular weight is 427 g/mol. The smallest absolute Gasteiger partial charge is 0.248 e. The van der Waals surface area contributed by atoms with Crippen LogP contribution in [0.2, 0.25) is 0 Å². The Bertz CT molecular complexity index is 1100. The second kappa shape index (κ2) is 9.43. The van der Waals surface area contributed by atoms with E-state index in [1.807, 2.05) is 6.07 Å². The van der Waals surface area contributed by atoms with Gasteiger partial charge in [0, 0.05) is 17.8 Å². The predicted molar refractivity (Wildman–Crippen MR) is 112 cm³/mol. The largest absolute Gasteiger partial charge is 0.493 e. The summed E-state index contributed by atoms with van der Waals surface area (Å²) in [5.74, 6) is 0.454. The minimum Gasteiger partial charge on any atom is -0.493 e. The molecule has 1 saturated carbocycles. The van der Waals surface area contributed by atoms with E-state index >= 15 is 0 Å². The number of methoxy groups -OCH3 is 1. The second-order valence-electron chi connectivity index (χ2n) is 6.60. The van der Waals surface area contributed by atoms with Crippen LogP contribution in [-0.2, 0) is 14.8 Å². The van der Waals surface area contributed by atoms with E-state index in [-0.39, 0.29) is 17.5 Å². The molecule has 9 heteroatoms. The molecule has 0 radical (unpaired) electrons. The standard InChI is InChI=1S/C21H21N3O5S/c1-28-20-13-15(5-9-19(20)29-12-11-22)6-10-21(25)23-17-3-2-4-18(14-17)30(26,27)24-16-7-8-16/h2-6,9-10,13-14,16,24H,7-8,12H2,1H3,(H,23,25)/b10-6+. The van der Waals surface area contributed by atoms with Crippen molar-refractivity contribution >= 4 is 27.7 Å². The van der Waals surface area contributed by atoms with Crippen molar-refractivity contribution in [1.29, 1.82) is 5.26 Å². The van der Waals surface area contributed by atoms with E-state index in [9.17, 15) is 13.2 Å². The SMILES string of the molecule is COc1cc(/C=C/C(=O)Nc2cccc(S(=O)(=O)NC3CC3)c2)ccc1OCC#N. The molecule has 0 aromatic heterocycles. The Hall–Kier alpha value is -3.35. The number of rotatable bonds is 9. The van der Waals surface area contributed by atoms with Crippen molar-refractivity contribution in [3.8, 4) is 17.6 Å². The Kier molecular flexibility index (Phi) is 6.72. The maximum atomic E-state index is 12.3. The van der Waals surface area contributed by atoms with Crippen molar-refractivity contribution in [1.82, 2.24) is 4.72 Å². The lowest BCUT2D eigenvalue weighted by atomic mass is 10.2. The highest BCUT2D eigenvalue weighted by Crippen LogP contribution is 2.28. The zero-order valence-corrected chi connectivity index (χ0v) is 17.1. The fourth-order valence-electron chi connectivity index (χ4n) is 2.60. The van der Waals surface area contributed by atoms with Gasteiger partial charge < -0.3 is 14.8 Å². The number of carbonyl (C=O) groups excluding carboxylic acids is 1. The van der Waals surface area contributed by atoms with Gasteiger partial charge in [-0.15, -0.1) is 0 Å². The summed E-state index contributed by atoms with van der Waals surface area (Å²) in [4.78, 5) is 12.3. The van der Waals surface area contributed by atoms with Crippen LogP contribution >= 0.6 is 0 Å². The summed E-state index contributed by atoms with van der Waals surface area (Å²) >= 11 is 0. The van der Waals surface area contributed by atoms with Crippen LogP contribution in [0.1, 0.15) is 18.4 Å². The normalized spacial score (nSPS) is 13.6. The van der Waals surface area contributed by atoms with Gasteiger partial charge in [-0.25, -0.2) is 13.1 Å². The van der Waals surface area contributed by atoms with Crippen LogP contribution in [0.15, 0.2) is 53.4 Å². The van der Waals surface area contributed by atoms with Gasteiger partial charge in [-0.05, 0) is 54.8 Å². The number of sulfonamides is 1. The zero-order chi connectivity index (χ0) is 21.6. The van der Waals surface area contributed by atoms with Crippen LogP contribution in [0.3, 0.4) is 0 Å².